The average molecular weight is 274 g/mol. The summed E-state index contributed by atoms with van der Waals surface area (Å²) < 4.78 is 0. The summed E-state index contributed by atoms with van der Waals surface area (Å²) in [5, 5.41) is 2.84. The van der Waals surface area contributed by atoms with Gasteiger partial charge in [-0.1, -0.05) is 31.5 Å². The minimum absolute atomic E-state index is 0.00837. The van der Waals surface area contributed by atoms with Crippen molar-refractivity contribution in [1.82, 2.24) is 5.32 Å². The monoisotopic (exact) mass is 274 g/mol. The SMILES string of the molecule is Cc1ccc(N2CC[C@H](NC(=O)CC(C)C)C2=O)cc1. The summed E-state index contributed by atoms with van der Waals surface area (Å²) >= 11 is 0. The third-order valence-electron chi connectivity index (χ3n) is 3.48. The van der Waals surface area contributed by atoms with Crippen molar-refractivity contribution in [2.24, 2.45) is 5.92 Å². The standard InChI is InChI=1S/C16H22N2O2/c1-11(2)10-15(19)17-14-8-9-18(16(14)20)13-6-4-12(3)5-7-13/h4-7,11,14H,8-10H2,1-3H3,(H,17,19)/t14-/m0/s1. The van der Waals surface area contributed by atoms with Crippen LogP contribution >= 0.6 is 0 Å². The summed E-state index contributed by atoms with van der Waals surface area (Å²) in [5.41, 5.74) is 2.07. The molecule has 1 saturated heterocycles. The van der Waals surface area contributed by atoms with Gasteiger partial charge < -0.3 is 10.2 Å². The molecule has 0 unspecified atom stereocenters. The maximum Gasteiger partial charge on any atom is 0.249 e. The van der Waals surface area contributed by atoms with Crippen LogP contribution in [-0.2, 0) is 9.59 Å². The van der Waals surface area contributed by atoms with Crippen molar-refractivity contribution in [2.75, 3.05) is 11.4 Å². The van der Waals surface area contributed by atoms with Crippen molar-refractivity contribution < 1.29 is 9.59 Å². The number of anilines is 1. The van der Waals surface area contributed by atoms with Crippen LogP contribution in [0.2, 0.25) is 0 Å². The maximum atomic E-state index is 12.3. The van der Waals surface area contributed by atoms with Gasteiger partial charge in [-0.05, 0) is 31.4 Å². The molecule has 1 heterocycles. The molecule has 20 heavy (non-hydrogen) atoms. The highest BCUT2D eigenvalue weighted by atomic mass is 16.2. The molecule has 2 amide bonds. The summed E-state index contributed by atoms with van der Waals surface area (Å²) in [4.78, 5) is 25.8. The zero-order valence-corrected chi connectivity index (χ0v) is 12.3. The van der Waals surface area contributed by atoms with E-state index < -0.39 is 0 Å². The summed E-state index contributed by atoms with van der Waals surface area (Å²) in [7, 11) is 0. The van der Waals surface area contributed by atoms with Gasteiger partial charge in [-0.25, -0.2) is 0 Å². The van der Waals surface area contributed by atoms with Gasteiger partial charge in [0.2, 0.25) is 11.8 Å². The van der Waals surface area contributed by atoms with Crippen LogP contribution in [0.15, 0.2) is 24.3 Å². The normalized spacial score (nSPS) is 18.7. The van der Waals surface area contributed by atoms with E-state index in [-0.39, 0.29) is 17.9 Å². The van der Waals surface area contributed by atoms with Crippen LogP contribution in [0.1, 0.15) is 32.3 Å². The summed E-state index contributed by atoms with van der Waals surface area (Å²) in [6.07, 6.45) is 1.14. The first-order valence-electron chi connectivity index (χ1n) is 7.15. The Kier molecular flexibility index (Phi) is 4.42. The fourth-order valence-corrected chi connectivity index (χ4v) is 2.42. The molecule has 1 atom stereocenters. The number of carbonyl (C=O) groups excluding carboxylic acids is 2. The molecule has 1 aromatic carbocycles. The number of amides is 2. The second-order valence-electron chi connectivity index (χ2n) is 5.83. The molecule has 0 radical (unpaired) electrons. The van der Waals surface area contributed by atoms with Gasteiger partial charge in [0.15, 0.2) is 0 Å². The highest BCUT2D eigenvalue weighted by Crippen LogP contribution is 2.22. The number of aryl methyl sites for hydroxylation is 1. The highest BCUT2D eigenvalue weighted by molar-refractivity contribution is 6.01. The number of hydrogen-bond acceptors (Lipinski definition) is 2. The molecule has 0 spiro atoms. The predicted octanol–water partition coefficient (Wildman–Crippen LogP) is 2.26. The van der Waals surface area contributed by atoms with Gasteiger partial charge in [0.25, 0.3) is 0 Å². The zero-order valence-electron chi connectivity index (χ0n) is 12.3. The van der Waals surface area contributed by atoms with E-state index in [4.69, 9.17) is 0 Å². The van der Waals surface area contributed by atoms with Crippen LogP contribution in [-0.4, -0.2) is 24.4 Å². The van der Waals surface area contributed by atoms with Crippen LogP contribution in [0, 0.1) is 12.8 Å². The van der Waals surface area contributed by atoms with E-state index >= 15 is 0 Å². The lowest BCUT2D eigenvalue weighted by molar-refractivity contribution is -0.126. The molecule has 2 rings (SSSR count). The Morgan fingerprint density at radius 2 is 2.00 bits per heavy atom. The number of hydrogen-bond donors (Lipinski definition) is 1. The molecular formula is C16H22N2O2. The van der Waals surface area contributed by atoms with Crippen molar-refractivity contribution in [2.45, 2.75) is 39.7 Å². The van der Waals surface area contributed by atoms with Crippen LogP contribution in [0.3, 0.4) is 0 Å². The van der Waals surface area contributed by atoms with Crippen LogP contribution in [0.5, 0.6) is 0 Å². The van der Waals surface area contributed by atoms with Crippen molar-refractivity contribution in [1.29, 1.82) is 0 Å². The van der Waals surface area contributed by atoms with E-state index in [0.717, 1.165) is 5.69 Å². The van der Waals surface area contributed by atoms with Gasteiger partial charge in [-0.15, -0.1) is 0 Å². The lowest BCUT2D eigenvalue weighted by Gasteiger charge is -2.17. The molecule has 1 aliphatic heterocycles. The van der Waals surface area contributed by atoms with E-state index in [1.165, 1.54) is 5.56 Å². The Morgan fingerprint density at radius 3 is 2.60 bits per heavy atom. The van der Waals surface area contributed by atoms with E-state index in [0.29, 0.717) is 25.3 Å². The topological polar surface area (TPSA) is 49.4 Å². The minimum Gasteiger partial charge on any atom is -0.344 e. The lowest BCUT2D eigenvalue weighted by Crippen LogP contribution is -2.41. The largest absolute Gasteiger partial charge is 0.344 e. The zero-order chi connectivity index (χ0) is 14.7. The first-order chi connectivity index (χ1) is 9.47. The molecule has 4 nitrogen and oxygen atoms in total. The molecule has 1 N–H and O–H groups in total. The number of rotatable bonds is 4. The predicted molar refractivity (Wildman–Crippen MR) is 79.5 cm³/mol. The average Bonchev–Trinajstić information content (AvgIpc) is 2.71. The van der Waals surface area contributed by atoms with Gasteiger partial charge in [-0.3, -0.25) is 9.59 Å². The Labute approximate surface area is 120 Å². The van der Waals surface area contributed by atoms with Gasteiger partial charge in [-0.2, -0.15) is 0 Å². The molecule has 0 bridgehead atoms. The molecule has 0 saturated carbocycles. The number of nitrogens with zero attached hydrogens (tertiary/aromatic N) is 1. The highest BCUT2D eigenvalue weighted by Gasteiger charge is 2.33. The molecule has 4 heteroatoms. The van der Waals surface area contributed by atoms with Crippen LogP contribution in [0.25, 0.3) is 0 Å². The minimum atomic E-state index is -0.373. The molecule has 1 aromatic rings. The van der Waals surface area contributed by atoms with E-state index in [1.54, 1.807) is 4.90 Å². The van der Waals surface area contributed by atoms with Crippen molar-refractivity contribution in [3.8, 4) is 0 Å². The number of nitrogens with one attached hydrogen (secondary N) is 1. The van der Waals surface area contributed by atoms with Crippen molar-refractivity contribution in [3.63, 3.8) is 0 Å². The van der Waals surface area contributed by atoms with Crippen LogP contribution in [0.4, 0.5) is 5.69 Å². The van der Waals surface area contributed by atoms with Gasteiger partial charge >= 0.3 is 0 Å². The maximum absolute atomic E-state index is 12.3. The van der Waals surface area contributed by atoms with E-state index in [9.17, 15) is 9.59 Å². The molecule has 0 aliphatic carbocycles. The fraction of sp³-hybridized carbons (Fsp3) is 0.500. The second kappa shape index (κ2) is 6.07. The first kappa shape index (κ1) is 14.6. The Morgan fingerprint density at radius 1 is 1.35 bits per heavy atom. The number of carbonyl (C=O) groups is 2. The molecular weight excluding hydrogens is 252 g/mol. The van der Waals surface area contributed by atoms with Gasteiger partial charge in [0.1, 0.15) is 6.04 Å². The number of benzene rings is 1. The smallest absolute Gasteiger partial charge is 0.249 e. The summed E-state index contributed by atoms with van der Waals surface area (Å²) in [6, 6.07) is 7.51. The summed E-state index contributed by atoms with van der Waals surface area (Å²) in [5.74, 6) is 0.259. The molecule has 1 aliphatic rings. The summed E-state index contributed by atoms with van der Waals surface area (Å²) in [6.45, 7) is 6.67. The van der Waals surface area contributed by atoms with Crippen molar-refractivity contribution >= 4 is 17.5 Å². The molecule has 0 aromatic heterocycles. The third kappa shape index (κ3) is 3.38. The van der Waals surface area contributed by atoms with E-state index in [2.05, 4.69) is 5.32 Å². The van der Waals surface area contributed by atoms with Gasteiger partial charge in [0.05, 0.1) is 0 Å². The fourth-order valence-electron chi connectivity index (χ4n) is 2.42. The Balaban J connectivity index is 1.99. The molecule has 108 valence electrons. The van der Waals surface area contributed by atoms with E-state index in [1.807, 2.05) is 45.0 Å². The lowest BCUT2D eigenvalue weighted by atomic mass is 10.1. The van der Waals surface area contributed by atoms with Gasteiger partial charge in [0, 0.05) is 18.7 Å². The third-order valence-corrected chi connectivity index (χ3v) is 3.48. The Bertz CT molecular complexity index is 494. The second-order valence-corrected chi connectivity index (χ2v) is 5.83. The van der Waals surface area contributed by atoms with Crippen LogP contribution < -0.4 is 10.2 Å². The Hall–Kier alpha value is -1.84. The van der Waals surface area contributed by atoms with Crippen molar-refractivity contribution in [3.05, 3.63) is 29.8 Å². The first-order valence-corrected chi connectivity index (χ1v) is 7.15. The molecule has 1 fully saturated rings. The quantitative estimate of drug-likeness (QED) is 0.915.